The van der Waals surface area contributed by atoms with Crippen molar-refractivity contribution in [1.82, 2.24) is 22.8 Å². The summed E-state index contributed by atoms with van der Waals surface area (Å²) in [5.41, 5.74) is 4.20. The molecule has 0 N–H and O–H groups in total. The standard InChI is InChI=1S/C19H17N5O2S2/c1-23-10-14(9-20-23)16-12-24(11-13-5-2-3-6-15(13)16)28(25,26)18-8-4-7-17-19(18)22-27-21-17/h2-10,16H,11-12H2,1H3/t16-/m1/s1. The van der Waals surface area contributed by atoms with E-state index in [1.807, 2.05) is 37.6 Å². The van der Waals surface area contributed by atoms with Crippen LogP contribution in [0.3, 0.4) is 0 Å². The summed E-state index contributed by atoms with van der Waals surface area (Å²) in [7, 11) is -1.86. The van der Waals surface area contributed by atoms with E-state index in [4.69, 9.17) is 0 Å². The van der Waals surface area contributed by atoms with Gasteiger partial charge in [0, 0.05) is 32.3 Å². The third-order valence-electron chi connectivity index (χ3n) is 5.16. The number of rotatable bonds is 3. The Bertz CT molecular complexity index is 1280. The minimum Gasteiger partial charge on any atom is -0.276 e. The molecule has 0 spiro atoms. The normalized spacial score (nSPS) is 17.7. The summed E-state index contributed by atoms with van der Waals surface area (Å²) in [6, 6.07) is 13.1. The van der Waals surface area contributed by atoms with Crippen LogP contribution in [-0.2, 0) is 23.6 Å². The van der Waals surface area contributed by atoms with Crippen molar-refractivity contribution in [3.8, 4) is 0 Å². The Balaban J connectivity index is 1.62. The van der Waals surface area contributed by atoms with Gasteiger partial charge in [-0.2, -0.15) is 18.2 Å². The Morgan fingerprint density at radius 2 is 1.96 bits per heavy atom. The van der Waals surface area contributed by atoms with Gasteiger partial charge in [-0.05, 0) is 28.8 Å². The zero-order valence-corrected chi connectivity index (χ0v) is 16.7. The minimum atomic E-state index is -3.73. The van der Waals surface area contributed by atoms with Gasteiger partial charge in [-0.25, -0.2) is 8.42 Å². The molecule has 4 aromatic rings. The lowest BCUT2D eigenvalue weighted by Crippen LogP contribution is -2.38. The monoisotopic (exact) mass is 411 g/mol. The molecular weight excluding hydrogens is 394 g/mol. The van der Waals surface area contributed by atoms with Crippen molar-refractivity contribution in [2.75, 3.05) is 6.54 Å². The summed E-state index contributed by atoms with van der Waals surface area (Å²) in [4.78, 5) is 0.211. The third-order valence-corrected chi connectivity index (χ3v) is 7.54. The topological polar surface area (TPSA) is 81.0 Å². The predicted octanol–water partition coefficient (Wildman–Crippen LogP) is 2.76. The number of hydrogen-bond donors (Lipinski definition) is 0. The molecule has 1 atom stereocenters. The van der Waals surface area contributed by atoms with Crippen LogP contribution in [0.4, 0.5) is 0 Å². The molecular formula is C19H17N5O2S2. The van der Waals surface area contributed by atoms with Gasteiger partial charge in [0.1, 0.15) is 15.9 Å². The largest absolute Gasteiger partial charge is 0.276 e. The van der Waals surface area contributed by atoms with Gasteiger partial charge in [0.2, 0.25) is 10.0 Å². The molecule has 0 saturated heterocycles. The van der Waals surface area contributed by atoms with Gasteiger partial charge in [-0.1, -0.05) is 30.3 Å². The van der Waals surface area contributed by atoms with Crippen molar-refractivity contribution in [1.29, 1.82) is 0 Å². The molecule has 5 rings (SSSR count). The molecule has 9 heteroatoms. The molecule has 0 aliphatic carbocycles. The molecule has 0 bridgehead atoms. The maximum atomic E-state index is 13.5. The van der Waals surface area contributed by atoms with Crippen LogP contribution in [-0.4, -0.2) is 37.8 Å². The molecule has 3 heterocycles. The van der Waals surface area contributed by atoms with E-state index in [0.29, 0.717) is 24.1 Å². The van der Waals surface area contributed by atoms with Crippen molar-refractivity contribution in [3.63, 3.8) is 0 Å². The third kappa shape index (κ3) is 2.74. The summed E-state index contributed by atoms with van der Waals surface area (Å²) in [6.45, 7) is 0.697. The Hall–Kier alpha value is -2.62. The van der Waals surface area contributed by atoms with Gasteiger partial charge in [0.15, 0.2) is 0 Å². The molecule has 2 aromatic carbocycles. The van der Waals surface area contributed by atoms with E-state index in [2.05, 4.69) is 19.9 Å². The number of sulfonamides is 1. The quantitative estimate of drug-likeness (QED) is 0.518. The lowest BCUT2D eigenvalue weighted by molar-refractivity contribution is 0.372. The van der Waals surface area contributed by atoms with Crippen molar-refractivity contribution in [2.24, 2.45) is 7.05 Å². The van der Waals surface area contributed by atoms with Gasteiger partial charge in [-0.3, -0.25) is 4.68 Å². The number of aryl methyl sites for hydroxylation is 1. The van der Waals surface area contributed by atoms with E-state index in [0.717, 1.165) is 28.4 Å². The zero-order chi connectivity index (χ0) is 19.3. The van der Waals surface area contributed by atoms with E-state index < -0.39 is 10.0 Å². The molecule has 0 unspecified atom stereocenters. The number of aromatic nitrogens is 4. The smallest absolute Gasteiger partial charge is 0.245 e. The zero-order valence-electron chi connectivity index (χ0n) is 15.1. The summed E-state index contributed by atoms with van der Waals surface area (Å²) >= 11 is 1.02. The maximum Gasteiger partial charge on any atom is 0.245 e. The summed E-state index contributed by atoms with van der Waals surface area (Å²) in [6.07, 6.45) is 3.76. The molecule has 0 saturated carbocycles. The molecule has 2 aromatic heterocycles. The highest BCUT2D eigenvalue weighted by Gasteiger charge is 2.35. The first-order valence-electron chi connectivity index (χ1n) is 8.82. The lowest BCUT2D eigenvalue weighted by Gasteiger charge is -2.33. The highest BCUT2D eigenvalue weighted by Crippen LogP contribution is 2.36. The Labute approximate surface area is 166 Å². The first-order chi connectivity index (χ1) is 13.5. The molecule has 0 amide bonds. The van der Waals surface area contributed by atoms with E-state index in [1.165, 1.54) is 0 Å². The average molecular weight is 412 g/mol. The fourth-order valence-corrected chi connectivity index (χ4v) is 5.98. The van der Waals surface area contributed by atoms with Crippen LogP contribution in [0.1, 0.15) is 22.6 Å². The molecule has 0 fully saturated rings. The van der Waals surface area contributed by atoms with E-state index in [9.17, 15) is 8.42 Å². The molecule has 28 heavy (non-hydrogen) atoms. The van der Waals surface area contributed by atoms with Crippen LogP contribution >= 0.6 is 11.7 Å². The van der Waals surface area contributed by atoms with Gasteiger partial charge < -0.3 is 0 Å². The predicted molar refractivity (Wildman–Crippen MR) is 107 cm³/mol. The number of benzene rings is 2. The van der Waals surface area contributed by atoms with Gasteiger partial charge >= 0.3 is 0 Å². The fraction of sp³-hybridized carbons (Fsp3) is 0.211. The molecule has 142 valence electrons. The summed E-state index contributed by atoms with van der Waals surface area (Å²) in [5.74, 6) is -0.0683. The second-order valence-corrected chi connectivity index (χ2v) is 9.32. The first-order valence-corrected chi connectivity index (χ1v) is 11.0. The highest BCUT2D eigenvalue weighted by atomic mass is 32.2. The van der Waals surface area contributed by atoms with Crippen LogP contribution in [0.25, 0.3) is 11.0 Å². The van der Waals surface area contributed by atoms with Crippen molar-refractivity contribution < 1.29 is 8.42 Å². The van der Waals surface area contributed by atoms with Gasteiger partial charge in [-0.15, -0.1) is 0 Å². The Morgan fingerprint density at radius 3 is 2.79 bits per heavy atom. The SMILES string of the molecule is Cn1cc([C@H]2CN(S(=O)(=O)c3cccc4nsnc34)Cc3ccccc32)cn1. The van der Waals surface area contributed by atoms with Crippen LogP contribution < -0.4 is 0 Å². The lowest BCUT2D eigenvalue weighted by atomic mass is 9.87. The Kier molecular flexibility index (Phi) is 4.04. The second kappa shape index (κ2) is 6.47. The molecule has 0 radical (unpaired) electrons. The number of nitrogens with zero attached hydrogens (tertiary/aromatic N) is 5. The second-order valence-electron chi connectivity index (χ2n) is 6.88. The van der Waals surface area contributed by atoms with Gasteiger partial charge in [0.05, 0.1) is 17.9 Å². The summed E-state index contributed by atoms with van der Waals surface area (Å²) in [5, 5.41) is 4.28. The van der Waals surface area contributed by atoms with E-state index >= 15 is 0 Å². The van der Waals surface area contributed by atoms with Crippen molar-refractivity contribution in [2.45, 2.75) is 17.4 Å². The van der Waals surface area contributed by atoms with Crippen LogP contribution in [0, 0.1) is 0 Å². The Morgan fingerprint density at radius 1 is 1.11 bits per heavy atom. The van der Waals surface area contributed by atoms with Crippen LogP contribution in [0.5, 0.6) is 0 Å². The maximum absolute atomic E-state index is 13.5. The number of hydrogen-bond acceptors (Lipinski definition) is 6. The van der Waals surface area contributed by atoms with E-state index in [1.54, 1.807) is 27.2 Å². The first kappa shape index (κ1) is 17.5. The summed E-state index contributed by atoms with van der Waals surface area (Å²) < 4.78 is 38.7. The average Bonchev–Trinajstić information content (AvgIpc) is 3.35. The fourth-order valence-electron chi connectivity index (χ4n) is 3.79. The molecule has 1 aliphatic rings. The van der Waals surface area contributed by atoms with Crippen LogP contribution in [0.2, 0.25) is 0 Å². The minimum absolute atomic E-state index is 0.0683. The van der Waals surface area contributed by atoms with Gasteiger partial charge in [0.25, 0.3) is 0 Å². The van der Waals surface area contributed by atoms with Crippen molar-refractivity contribution >= 4 is 32.8 Å². The van der Waals surface area contributed by atoms with Crippen LogP contribution in [0.15, 0.2) is 59.8 Å². The van der Waals surface area contributed by atoms with Crippen molar-refractivity contribution in [3.05, 3.63) is 71.5 Å². The molecule has 7 nitrogen and oxygen atoms in total. The highest BCUT2D eigenvalue weighted by molar-refractivity contribution is 7.89. The van der Waals surface area contributed by atoms with E-state index in [-0.39, 0.29) is 10.8 Å². The number of fused-ring (bicyclic) bond motifs is 2. The molecule has 1 aliphatic heterocycles.